The Morgan fingerprint density at radius 2 is 1.79 bits per heavy atom. The summed E-state index contributed by atoms with van der Waals surface area (Å²) in [6.45, 7) is 5.34. The van der Waals surface area contributed by atoms with Crippen LogP contribution in [-0.2, 0) is 10.0 Å². The van der Waals surface area contributed by atoms with Crippen molar-refractivity contribution in [2.24, 2.45) is 0 Å². The second-order valence-electron chi connectivity index (χ2n) is 7.83. The molecule has 0 unspecified atom stereocenters. The summed E-state index contributed by atoms with van der Waals surface area (Å²) in [7, 11) is -3.75. The van der Waals surface area contributed by atoms with Gasteiger partial charge >= 0.3 is 0 Å². The lowest BCUT2D eigenvalue weighted by molar-refractivity contribution is 0.0704. The maximum absolute atomic E-state index is 12.9. The number of rotatable bonds is 7. The van der Waals surface area contributed by atoms with Crippen LogP contribution in [0.25, 0.3) is 0 Å². The Morgan fingerprint density at radius 1 is 1.12 bits per heavy atom. The fraction of sp³-hybridized carbons (Fsp3) is 0.348. The highest BCUT2D eigenvalue weighted by Gasteiger charge is 2.27. The van der Waals surface area contributed by atoms with E-state index in [1.807, 2.05) is 6.92 Å². The minimum atomic E-state index is -3.75. The average molecular weight is 471 g/mol. The molecule has 0 radical (unpaired) electrons. The first-order valence-electron chi connectivity index (χ1n) is 10.8. The molecule has 2 heterocycles. The Labute approximate surface area is 192 Å². The van der Waals surface area contributed by atoms with Crippen molar-refractivity contribution >= 4 is 21.6 Å². The van der Waals surface area contributed by atoms with Gasteiger partial charge in [-0.05, 0) is 75.2 Å². The largest absolute Gasteiger partial charge is 0.494 e. The predicted octanol–water partition coefficient (Wildman–Crippen LogP) is 3.60. The first-order chi connectivity index (χ1) is 15.9. The van der Waals surface area contributed by atoms with Gasteiger partial charge in [0.1, 0.15) is 5.75 Å². The van der Waals surface area contributed by atoms with Gasteiger partial charge in [0.05, 0.1) is 11.5 Å². The molecular weight excluding hydrogens is 444 g/mol. The van der Waals surface area contributed by atoms with Crippen LogP contribution < -0.4 is 9.46 Å². The van der Waals surface area contributed by atoms with E-state index in [2.05, 4.69) is 14.9 Å². The Hall–Kier alpha value is -3.40. The van der Waals surface area contributed by atoms with Crippen LogP contribution in [0.1, 0.15) is 47.8 Å². The summed E-state index contributed by atoms with van der Waals surface area (Å²) in [4.78, 5) is 19.1. The maximum Gasteiger partial charge on any atom is 0.261 e. The average Bonchev–Trinajstić information content (AvgIpc) is 3.26. The maximum atomic E-state index is 12.9. The summed E-state index contributed by atoms with van der Waals surface area (Å²) in [5, 5.41) is 3.84. The molecule has 1 N–H and O–H groups in total. The van der Waals surface area contributed by atoms with E-state index < -0.39 is 10.0 Å². The number of nitrogens with zero attached hydrogens (tertiary/aromatic N) is 3. The Kier molecular flexibility index (Phi) is 6.64. The molecule has 1 saturated heterocycles. The molecule has 1 amide bonds. The monoisotopic (exact) mass is 470 g/mol. The molecule has 174 valence electrons. The van der Waals surface area contributed by atoms with Gasteiger partial charge in [0, 0.05) is 30.3 Å². The normalized spacial score (nSPS) is 14.8. The van der Waals surface area contributed by atoms with Gasteiger partial charge in [0.25, 0.3) is 15.9 Å². The summed E-state index contributed by atoms with van der Waals surface area (Å²) >= 11 is 0. The first-order valence-corrected chi connectivity index (χ1v) is 12.3. The van der Waals surface area contributed by atoms with E-state index in [-0.39, 0.29) is 16.7 Å². The van der Waals surface area contributed by atoms with Crippen molar-refractivity contribution < 1.29 is 22.5 Å². The van der Waals surface area contributed by atoms with Crippen molar-refractivity contribution in [2.75, 3.05) is 24.4 Å². The van der Waals surface area contributed by atoms with Gasteiger partial charge in [0.2, 0.25) is 5.89 Å². The van der Waals surface area contributed by atoms with Crippen molar-refractivity contribution in [3.05, 3.63) is 65.8 Å². The number of carbonyl (C=O) groups excluding carboxylic acids is 1. The lowest BCUT2D eigenvalue weighted by Gasteiger charge is -2.30. The van der Waals surface area contributed by atoms with Gasteiger partial charge in [-0.25, -0.2) is 8.42 Å². The molecule has 10 heteroatoms. The minimum absolute atomic E-state index is 0.0870. The molecule has 1 fully saturated rings. The van der Waals surface area contributed by atoms with Crippen molar-refractivity contribution in [2.45, 2.75) is 37.5 Å². The summed E-state index contributed by atoms with van der Waals surface area (Å²) in [5.74, 6) is 1.92. The molecule has 0 atom stereocenters. The predicted molar refractivity (Wildman–Crippen MR) is 122 cm³/mol. The highest BCUT2D eigenvalue weighted by Crippen LogP contribution is 2.28. The van der Waals surface area contributed by atoms with E-state index in [9.17, 15) is 13.2 Å². The quantitative estimate of drug-likeness (QED) is 0.561. The van der Waals surface area contributed by atoms with Gasteiger partial charge in [-0.1, -0.05) is 5.16 Å². The van der Waals surface area contributed by atoms with Crippen LogP contribution in [0.5, 0.6) is 5.75 Å². The van der Waals surface area contributed by atoms with Gasteiger partial charge in [0.15, 0.2) is 5.82 Å². The number of benzene rings is 2. The number of sulfonamides is 1. The minimum Gasteiger partial charge on any atom is -0.494 e. The summed E-state index contributed by atoms with van der Waals surface area (Å²) in [5.41, 5.74) is 0.886. The number of aryl methyl sites for hydroxylation is 1. The first kappa shape index (κ1) is 22.8. The third kappa shape index (κ3) is 5.33. The van der Waals surface area contributed by atoms with Crippen molar-refractivity contribution in [3.8, 4) is 5.75 Å². The number of likely N-dealkylation sites (tertiary alicyclic amines) is 1. The third-order valence-electron chi connectivity index (χ3n) is 5.50. The number of carbonyl (C=O) groups is 1. The molecule has 4 rings (SSSR count). The van der Waals surface area contributed by atoms with Crippen molar-refractivity contribution in [1.82, 2.24) is 15.0 Å². The van der Waals surface area contributed by atoms with Crippen LogP contribution in [0.4, 0.5) is 5.69 Å². The van der Waals surface area contributed by atoms with E-state index in [4.69, 9.17) is 9.26 Å². The molecular formula is C23H26N4O5S. The van der Waals surface area contributed by atoms with Crippen LogP contribution in [0, 0.1) is 6.92 Å². The van der Waals surface area contributed by atoms with E-state index in [1.165, 1.54) is 12.1 Å². The second kappa shape index (κ2) is 9.62. The SMILES string of the molecule is CCOc1ccc(S(=O)(=O)Nc2ccc(C(=O)N3CCC(c4nc(C)no4)CC3)cc2)cc1. The zero-order valence-corrected chi connectivity index (χ0v) is 19.3. The molecule has 1 aliphatic heterocycles. The number of amides is 1. The van der Waals surface area contributed by atoms with Crippen molar-refractivity contribution in [3.63, 3.8) is 0 Å². The fourth-order valence-corrected chi connectivity index (χ4v) is 4.83. The Bertz CT molecular complexity index is 1200. The summed E-state index contributed by atoms with van der Waals surface area (Å²) in [6, 6.07) is 12.7. The molecule has 1 aliphatic rings. The molecule has 0 aliphatic carbocycles. The number of anilines is 1. The second-order valence-corrected chi connectivity index (χ2v) is 9.52. The van der Waals surface area contributed by atoms with Crippen LogP contribution in [0.3, 0.4) is 0 Å². The smallest absolute Gasteiger partial charge is 0.261 e. The van der Waals surface area contributed by atoms with E-state index in [0.29, 0.717) is 48.4 Å². The number of ether oxygens (including phenoxy) is 1. The van der Waals surface area contributed by atoms with E-state index in [0.717, 1.165) is 12.8 Å². The topological polar surface area (TPSA) is 115 Å². The number of hydrogen-bond donors (Lipinski definition) is 1. The fourth-order valence-electron chi connectivity index (χ4n) is 3.77. The van der Waals surface area contributed by atoms with E-state index in [1.54, 1.807) is 48.2 Å². The molecule has 3 aromatic rings. The van der Waals surface area contributed by atoms with Crippen molar-refractivity contribution in [1.29, 1.82) is 0 Å². The molecule has 0 spiro atoms. The number of aromatic nitrogens is 2. The highest BCUT2D eigenvalue weighted by molar-refractivity contribution is 7.92. The van der Waals surface area contributed by atoms with Crippen LogP contribution in [0.2, 0.25) is 0 Å². The van der Waals surface area contributed by atoms with Gasteiger partial charge in [-0.3, -0.25) is 9.52 Å². The van der Waals surface area contributed by atoms with Crippen LogP contribution in [-0.4, -0.2) is 49.1 Å². The van der Waals surface area contributed by atoms with Gasteiger partial charge in [-0.15, -0.1) is 0 Å². The lowest BCUT2D eigenvalue weighted by Crippen LogP contribution is -2.38. The molecule has 33 heavy (non-hydrogen) atoms. The number of nitrogens with one attached hydrogen (secondary N) is 1. The standard InChI is InChI=1S/C23H26N4O5S/c1-3-31-20-8-10-21(11-9-20)33(29,30)26-19-6-4-18(5-7-19)23(28)27-14-12-17(13-15-27)22-24-16(2)25-32-22/h4-11,17,26H,3,12-15H2,1-2H3. The number of piperidine rings is 1. The van der Waals surface area contributed by atoms with Gasteiger partial charge in [-0.2, -0.15) is 4.98 Å². The highest BCUT2D eigenvalue weighted by atomic mass is 32.2. The van der Waals surface area contributed by atoms with Crippen LogP contribution in [0.15, 0.2) is 57.9 Å². The van der Waals surface area contributed by atoms with Crippen LogP contribution >= 0.6 is 0 Å². The zero-order chi connectivity index (χ0) is 23.4. The molecule has 2 aromatic carbocycles. The van der Waals surface area contributed by atoms with E-state index >= 15 is 0 Å². The number of hydrogen-bond acceptors (Lipinski definition) is 7. The summed E-state index contributed by atoms with van der Waals surface area (Å²) in [6.07, 6.45) is 1.51. The molecule has 0 saturated carbocycles. The molecule has 0 bridgehead atoms. The third-order valence-corrected chi connectivity index (χ3v) is 6.90. The Balaban J connectivity index is 1.36. The van der Waals surface area contributed by atoms with Gasteiger partial charge < -0.3 is 14.2 Å². The lowest BCUT2D eigenvalue weighted by atomic mass is 9.96. The molecule has 9 nitrogen and oxygen atoms in total. The zero-order valence-electron chi connectivity index (χ0n) is 18.5. The Morgan fingerprint density at radius 3 is 2.36 bits per heavy atom. The molecule has 1 aromatic heterocycles. The summed E-state index contributed by atoms with van der Waals surface area (Å²) < 4.78 is 38.4.